The highest BCUT2D eigenvalue weighted by atomic mass is 16.2. The molecule has 22 heavy (non-hydrogen) atoms. The van der Waals surface area contributed by atoms with Gasteiger partial charge in [0.2, 0.25) is 0 Å². The smallest absolute Gasteiger partial charge is 0.254 e. The molecule has 2 fully saturated rings. The second-order valence-corrected chi connectivity index (χ2v) is 6.30. The summed E-state index contributed by atoms with van der Waals surface area (Å²) in [7, 11) is 2.14. The lowest BCUT2D eigenvalue weighted by Gasteiger charge is -2.34. The van der Waals surface area contributed by atoms with E-state index in [9.17, 15) is 4.79 Å². The zero-order chi connectivity index (χ0) is 15.5. The van der Waals surface area contributed by atoms with Crippen LogP contribution in [-0.2, 0) is 0 Å². The minimum absolute atomic E-state index is 0.117. The first-order valence-electron chi connectivity index (χ1n) is 8.05. The Morgan fingerprint density at radius 3 is 2.77 bits per heavy atom. The lowest BCUT2D eigenvalue weighted by molar-refractivity contribution is 0.0709. The van der Waals surface area contributed by atoms with Gasteiger partial charge in [-0.25, -0.2) is 4.98 Å². The van der Waals surface area contributed by atoms with Gasteiger partial charge in [0.05, 0.1) is 0 Å². The van der Waals surface area contributed by atoms with E-state index in [0.29, 0.717) is 6.04 Å². The number of rotatable bonds is 2. The third-order valence-corrected chi connectivity index (χ3v) is 4.48. The van der Waals surface area contributed by atoms with Gasteiger partial charge in [0.15, 0.2) is 0 Å². The zero-order valence-electron chi connectivity index (χ0n) is 13.5. The molecule has 0 radical (unpaired) electrons. The van der Waals surface area contributed by atoms with Gasteiger partial charge in [-0.1, -0.05) is 0 Å². The number of nitrogens with one attached hydrogen (secondary N) is 1. The lowest BCUT2D eigenvalue weighted by atomic mass is 10.1. The Kier molecular flexibility index (Phi) is 4.59. The first-order valence-corrected chi connectivity index (χ1v) is 8.05. The predicted octanol–water partition coefficient (Wildman–Crippen LogP) is 0.267. The van der Waals surface area contributed by atoms with Gasteiger partial charge in [-0.05, 0) is 26.1 Å². The van der Waals surface area contributed by atoms with E-state index in [4.69, 9.17) is 0 Å². The SMILES string of the molecule is C[C@@H]1CN(C(=O)c2ccnc(N3CCN(C)CC3)c2)CCN1. The number of carbonyl (C=O) groups is 1. The van der Waals surface area contributed by atoms with Crippen LogP contribution in [0.15, 0.2) is 18.3 Å². The van der Waals surface area contributed by atoms with Crippen LogP contribution in [0.1, 0.15) is 17.3 Å². The molecule has 2 saturated heterocycles. The monoisotopic (exact) mass is 303 g/mol. The Morgan fingerprint density at radius 2 is 2.05 bits per heavy atom. The van der Waals surface area contributed by atoms with Gasteiger partial charge in [0.25, 0.3) is 5.91 Å². The molecule has 0 bridgehead atoms. The van der Waals surface area contributed by atoms with Gasteiger partial charge in [-0.2, -0.15) is 0 Å². The van der Waals surface area contributed by atoms with E-state index in [1.165, 1.54) is 0 Å². The number of carbonyl (C=O) groups excluding carboxylic acids is 1. The van der Waals surface area contributed by atoms with E-state index >= 15 is 0 Å². The molecule has 0 saturated carbocycles. The van der Waals surface area contributed by atoms with Crippen molar-refractivity contribution >= 4 is 11.7 Å². The number of aromatic nitrogens is 1. The topological polar surface area (TPSA) is 51.7 Å². The quantitative estimate of drug-likeness (QED) is 0.850. The first kappa shape index (κ1) is 15.2. The second-order valence-electron chi connectivity index (χ2n) is 6.30. The number of hydrogen-bond acceptors (Lipinski definition) is 5. The molecular weight excluding hydrogens is 278 g/mol. The van der Waals surface area contributed by atoms with E-state index in [0.717, 1.165) is 57.2 Å². The molecule has 120 valence electrons. The Labute approximate surface area is 132 Å². The van der Waals surface area contributed by atoms with Crippen LogP contribution in [0.4, 0.5) is 5.82 Å². The molecule has 3 rings (SSSR count). The van der Waals surface area contributed by atoms with Gasteiger partial charge >= 0.3 is 0 Å². The van der Waals surface area contributed by atoms with Crippen molar-refractivity contribution in [3.05, 3.63) is 23.9 Å². The van der Waals surface area contributed by atoms with E-state index in [2.05, 4.69) is 34.1 Å². The van der Waals surface area contributed by atoms with E-state index < -0.39 is 0 Å². The number of hydrogen-bond donors (Lipinski definition) is 1. The number of piperazine rings is 2. The van der Waals surface area contributed by atoms with Gasteiger partial charge in [-0.3, -0.25) is 4.79 Å². The molecule has 0 unspecified atom stereocenters. The number of likely N-dealkylation sites (N-methyl/N-ethyl adjacent to an activating group) is 1. The van der Waals surface area contributed by atoms with Gasteiger partial charge in [0.1, 0.15) is 5.82 Å². The zero-order valence-corrected chi connectivity index (χ0v) is 13.5. The van der Waals surface area contributed by atoms with Crippen LogP contribution in [-0.4, -0.2) is 79.6 Å². The molecule has 0 aliphatic carbocycles. The summed E-state index contributed by atoms with van der Waals surface area (Å²) in [6, 6.07) is 4.13. The normalized spacial score (nSPS) is 23.6. The van der Waals surface area contributed by atoms with Crippen molar-refractivity contribution in [2.45, 2.75) is 13.0 Å². The predicted molar refractivity (Wildman–Crippen MR) is 87.3 cm³/mol. The fourth-order valence-electron chi connectivity index (χ4n) is 3.06. The third kappa shape index (κ3) is 3.39. The summed E-state index contributed by atoms with van der Waals surface area (Å²) in [6.45, 7) is 8.52. The summed E-state index contributed by atoms with van der Waals surface area (Å²) in [4.78, 5) is 23.6. The average molecular weight is 303 g/mol. The van der Waals surface area contributed by atoms with Crippen molar-refractivity contribution in [3.63, 3.8) is 0 Å². The largest absolute Gasteiger partial charge is 0.354 e. The van der Waals surface area contributed by atoms with E-state index in [1.807, 2.05) is 17.0 Å². The minimum Gasteiger partial charge on any atom is -0.354 e. The van der Waals surface area contributed by atoms with Crippen LogP contribution in [0.5, 0.6) is 0 Å². The number of pyridine rings is 1. The Morgan fingerprint density at radius 1 is 1.27 bits per heavy atom. The number of anilines is 1. The highest BCUT2D eigenvalue weighted by Gasteiger charge is 2.23. The molecule has 1 aromatic heterocycles. The Balaban J connectivity index is 1.71. The maximum atomic E-state index is 12.7. The van der Waals surface area contributed by atoms with Crippen LogP contribution in [0, 0.1) is 0 Å². The van der Waals surface area contributed by atoms with Gasteiger partial charge in [0, 0.05) is 63.6 Å². The number of nitrogens with zero attached hydrogens (tertiary/aromatic N) is 4. The molecule has 1 atom stereocenters. The van der Waals surface area contributed by atoms with Crippen molar-refractivity contribution in [1.29, 1.82) is 0 Å². The molecular formula is C16H25N5O. The molecule has 6 nitrogen and oxygen atoms in total. The maximum absolute atomic E-state index is 12.7. The Bertz CT molecular complexity index is 527. The van der Waals surface area contributed by atoms with E-state index in [1.54, 1.807) is 6.20 Å². The molecule has 1 amide bonds. The molecule has 6 heteroatoms. The third-order valence-electron chi connectivity index (χ3n) is 4.48. The summed E-state index contributed by atoms with van der Waals surface area (Å²) < 4.78 is 0. The van der Waals surface area contributed by atoms with Crippen molar-refractivity contribution in [1.82, 2.24) is 20.1 Å². The fourth-order valence-corrected chi connectivity index (χ4v) is 3.06. The van der Waals surface area contributed by atoms with Gasteiger partial charge < -0.3 is 20.0 Å². The number of amides is 1. The van der Waals surface area contributed by atoms with Crippen LogP contribution in [0.2, 0.25) is 0 Å². The minimum atomic E-state index is 0.117. The molecule has 2 aliphatic rings. The second kappa shape index (κ2) is 6.62. The molecule has 0 spiro atoms. The molecule has 2 aliphatic heterocycles. The Hall–Kier alpha value is -1.66. The van der Waals surface area contributed by atoms with Crippen LogP contribution in [0.3, 0.4) is 0 Å². The van der Waals surface area contributed by atoms with Crippen LogP contribution in [0.25, 0.3) is 0 Å². The van der Waals surface area contributed by atoms with Crippen molar-refractivity contribution in [3.8, 4) is 0 Å². The fraction of sp³-hybridized carbons (Fsp3) is 0.625. The molecule has 3 heterocycles. The summed E-state index contributed by atoms with van der Waals surface area (Å²) in [6.07, 6.45) is 1.76. The average Bonchev–Trinajstić information content (AvgIpc) is 2.55. The molecule has 0 aromatic carbocycles. The standard InChI is InChI=1S/C16H25N5O/c1-13-12-21(6-5-17-13)16(22)14-3-4-18-15(11-14)20-9-7-19(2)8-10-20/h3-4,11,13,17H,5-10,12H2,1-2H3/t13-/m1/s1. The van der Waals surface area contributed by atoms with Crippen LogP contribution >= 0.6 is 0 Å². The summed E-state index contributed by atoms with van der Waals surface area (Å²) in [5.41, 5.74) is 0.748. The maximum Gasteiger partial charge on any atom is 0.254 e. The van der Waals surface area contributed by atoms with Gasteiger partial charge in [-0.15, -0.1) is 0 Å². The van der Waals surface area contributed by atoms with Crippen molar-refractivity contribution < 1.29 is 4.79 Å². The lowest BCUT2D eigenvalue weighted by Crippen LogP contribution is -2.51. The van der Waals surface area contributed by atoms with E-state index in [-0.39, 0.29) is 5.91 Å². The first-order chi connectivity index (χ1) is 10.6. The summed E-state index contributed by atoms with van der Waals surface area (Å²) in [5.74, 6) is 1.04. The summed E-state index contributed by atoms with van der Waals surface area (Å²) >= 11 is 0. The van der Waals surface area contributed by atoms with Crippen molar-refractivity contribution in [2.75, 3.05) is 57.8 Å². The highest BCUT2D eigenvalue weighted by molar-refractivity contribution is 5.95. The molecule has 1 N–H and O–H groups in total. The summed E-state index contributed by atoms with van der Waals surface area (Å²) in [5, 5.41) is 3.37. The highest BCUT2D eigenvalue weighted by Crippen LogP contribution is 2.16. The van der Waals surface area contributed by atoms with Crippen molar-refractivity contribution in [2.24, 2.45) is 0 Å². The molecule has 1 aromatic rings. The van der Waals surface area contributed by atoms with Crippen LogP contribution < -0.4 is 10.2 Å².